The van der Waals surface area contributed by atoms with Crippen molar-refractivity contribution in [3.8, 4) is 17.2 Å². The molecule has 0 aromatic heterocycles. The van der Waals surface area contributed by atoms with Crippen molar-refractivity contribution in [3.63, 3.8) is 0 Å². The second-order valence-corrected chi connectivity index (χ2v) is 22.5. The number of aliphatic hydroxyl groups is 7. The third kappa shape index (κ3) is 13.8. The van der Waals surface area contributed by atoms with Crippen molar-refractivity contribution in [1.29, 1.82) is 0 Å². The molecule has 5 aliphatic heterocycles. The summed E-state index contributed by atoms with van der Waals surface area (Å²) in [5.74, 6) is -5.51. The summed E-state index contributed by atoms with van der Waals surface area (Å²) in [7, 11) is 1.17. The molecule has 0 saturated carbocycles. The van der Waals surface area contributed by atoms with Crippen LogP contribution < -0.4 is 4.74 Å². The molecule has 0 bridgehead atoms. The van der Waals surface area contributed by atoms with Gasteiger partial charge in [-0.15, -0.1) is 0 Å². The van der Waals surface area contributed by atoms with E-state index in [4.69, 9.17) is 61.6 Å². The number of aliphatic hydroxyl groups excluding tert-OH is 6. The lowest BCUT2D eigenvalue weighted by Crippen LogP contribution is -2.59. The van der Waals surface area contributed by atoms with Crippen molar-refractivity contribution in [2.24, 2.45) is 5.92 Å². The van der Waals surface area contributed by atoms with E-state index in [1.807, 2.05) is 0 Å². The Morgan fingerprint density at radius 1 is 0.679 bits per heavy atom. The largest absolute Gasteiger partial charge is 0.507 e. The van der Waals surface area contributed by atoms with Gasteiger partial charge in [-0.25, -0.2) is 0 Å². The van der Waals surface area contributed by atoms with E-state index >= 15 is 4.79 Å². The fourth-order valence-electron chi connectivity index (χ4n) is 11.9. The Bertz CT molecular complexity index is 2550. The molecule has 5 fully saturated rings. The highest BCUT2D eigenvalue weighted by Gasteiger charge is 2.52. The molecule has 2 aromatic carbocycles. The first-order valence-corrected chi connectivity index (χ1v) is 27.4. The SMILES string of the molecule is CO[C@H](C(=O)[C@@H](O)[C@@H](C)O)[C@@H]1Cc2cc3cc(O[C@H]4C[C@@H](O[C@@H]5C[C@@H](O)[C@@H](O)[C@@H](C)O5)[C@@H](OC(C)=O)[C@@H](C)O4)cc(O)c3c(O)c2C(=O)[C@H]1O[C@H]1C[C@@H](O[C@H]2C[C@@H](O[C@H]3C[C@](C)(O)[C@@H](OC(C)=O)[C@H](C)O3)[C@H](O)[C@@H](C)O2)[C@H](O)[C@@H](C)O1. The van der Waals surface area contributed by atoms with Gasteiger partial charge in [0.1, 0.15) is 65.6 Å². The molecule has 6 aliphatic rings. The van der Waals surface area contributed by atoms with Crippen LogP contribution >= 0.6 is 0 Å². The summed E-state index contributed by atoms with van der Waals surface area (Å²) >= 11 is 0. The molecule has 8 rings (SSSR count). The number of fused-ring (bicyclic) bond motifs is 2. The number of hydrogen-bond donors (Lipinski definition) is 9. The monoisotopic (exact) mass is 1150 g/mol. The van der Waals surface area contributed by atoms with E-state index in [0.717, 1.165) is 0 Å². The van der Waals surface area contributed by atoms with Crippen LogP contribution in [0.3, 0.4) is 0 Å². The van der Waals surface area contributed by atoms with Crippen LogP contribution in [0.25, 0.3) is 10.8 Å². The number of ketones is 2. The molecule has 0 spiro atoms. The Hall–Kier alpha value is -4.30. The van der Waals surface area contributed by atoms with Gasteiger partial charge in [0.05, 0.1) is 65.9 Å². The van der Waals surface area contributed by atoms with Crippen molar-refractivity contribution >= 4 is 34.3 Å². The van der Waals surface area contributed by atoms with Gasteiger partial charge in [0.15, 0.2) is 48.9 Å². The molecule has 1 aliphatic carbocycles. The molecule has 0 radical (unpaired) electrons. The van der Waals surface area contributed by atoms with E-state index in [9.17, 15) is 60.3 Å². The maximum atomic E-state index is 15.0. The summed E-state index contributed by atoms with van der Waals surface area (Å²) < 4.78 is 78.0. The Labute approximate surface area is 467 Å². The molecule has 9 N–H and O–H groups in total. The van der Waals surface area contributed by atoms with Gasteiger partial charge in [0, 0.05) is 65.0 Å². The maximum absolute atomic E-state index is 15.0. The fraction of sp³-hybridized carbons (Fsp3) is 0.745. The normalized spacial score (nSPS) is 40.4. The second kappa shape index (κ2) is 25.5. The topological polar surface area (TPSA) is 370 Å². The molecule has 5 saturated heterocycles. The summed E-state index contributed by atoms with van der Waals surface area (Å²) in [5, 5.41) is 99.3. The van der Waals surface area contributed by atoms with Crippen LogP contribution in [0.2, 0.25) is 0 Å². The number of esters is 2. The average molecular weight is 1160 g/mol. The minimum absolute atomic E-state index is 0.0277. The number of Topliss-reactive ketones (excluding diaryl/α,β-unsaturated/α-hetero) is 2. The smallest absolute Gasteiger partial charge is 0.303 e. The molecule has 26 heteroatoms. The average Bonchev–Trinajstić information content (AvgIpc) is 3.56. The van der Waals surface area contributed by atoms with Crippen molar-refractivity contribution < 1.29 is 127 Å². The highest BCUT2D eigenvalue weighted by molar-refractivity contribution is 6.11. The number of hydrogen-bond acceptors (Lipinski definition) is 26. The Kier molecular flexibility index (Phi) is 19.8. The van der Waals surface area contributed by atoms with Gasteiger partial charge in [-0.05, 0) is 78.0 Å². The fourth-order valence-corrected chi connectivity index (χ4v) is 11.9. The van der Waals surface area contributed by atoms with E-state index in [0.29, 0.717) is 0 Å². The van der Waals surface area contributed by atoms with Crippen molar-refractivity contribution in [3.05, 3.63) is 29.3 Å². The molecular formula is C55H78O26. The molecule has 25 atom stereocenters. The van der Waals surface area contributed by atoms with Gasteiger partial charge >= 0.3 is 11.9 Å². The van der Waals surface area contributed by atoms with Crippen LogP contribution in [-0.4, -0.2) is 223 Å². The maximum Gasteiger partial charge on any atom is 0.303 e. The highest BCUT2D eigenvalue weighted by atomic mass is 16.7. The second-order valence-electron chi connectivity index (χ2n) is 22.5. The lowest BCUT2D eigenvalue weighted by atomic mass is 9.75. The van der Waals surface area contributed by atoms with E-state index in [1.165, 1.54) is 59.9 Å². The van der Waals surface area contributed by atoms with Crippen LogP contribution in [0, 0.1) is 5.92 Å². The van der Waals surface area contributed by atoms with Crippen molar-refractivity contribution in [2.45, 2.75) is 248 Å². The Morgan fingerprint density at radius 2 is 1.21 bits per heavy atom. The Morgan fingerprint density at radius 3 is 1.78 bits per heavy atom. The first kappa shape index (κ1) is 62.7. The third-order valence-corrected chi connectivity index (χ3v) is 16.0. The van der Waals surface area contributed by atoms with Crippen molar-refractivity contribution in [1.82, 2.24) is 0 Å². The molecule has 26 nitrogen and oxygen atoms in total. The summed E-state index contributed by atoms with van der Waals surface area (Å²) in [6.07, 6.45) is -27.3. The number of methoxy groups -OCH3 is 1. The predicted molar refractivity (Wildman–Crippen MR) is 273 cm³/mol. The van der Waals surface area contributed by atoms with E-state index in [1.54, 1.807) is 27.7 Å². The van der Waals surface area contributed by atoms with E-state index < -0.39 is 188 Å². The first-order valence-electron chi connectivity index (χ1n) is 27.4. The predicted octanol–water partition coefficient (Wildman–Crippen LogP) is 0.584. The molecular weight excluding hydrogens is 1080 g/mol. The number of carbonyl (C=O) groups excluding carboxylic acids is 4. The molecule has 454 valence electrons. The molecule has 5 heterocycles. The van der Waals surface area contributed by atoms with Crippen LogP contribution in [0.1, 0.15) is 110 Å². The van der Waals surface area contributed by atoms with E-state index in [2.05, 4.69) is 0 Å². The lowest BCUT2D eigenvalue weighted by molar-refractivity contribution is -0.334. The van der Waals surface area contributed by atoms with E-state index in [-0.39, 0.29) is 66.2 Å². The van der Waals surface area contributed by atoms with Gasteiger partial charge in [0.25, 0.3) is 0 Å². The number of benzene rings is 2. The number of rotatable bonds is 17. The number of phenolic OH excluding ortho intramolecular Hbond substituents is 2. The van der Waals surface area contributed by atoms with Crippen LogP contribution in [0.5, 0.6) is 17.2 Å². The summed E-state index contributed by atoms with van der Waals surface area (Å²) in [6, 6.07) is 4.15. The molecule has 2 aromatic rings. The highest BCUT2D eigenvalue weighted by Crippen LogP contribution is 2.46. The van der Waals surface area contributed by atoms with Crippen LogP contribution in [0.15, 0.2) is 18.2 Å². The van der Waals surface area contributed by atoms with Gasteiger partial charge in [-0.1, -0.05) is 0 Å². The van der Waals surface area contributed by atoms with Gasteiger partial charge in [0.2, 0.25) is 6.29 Å². The van der Waals surface area contributed by atoms with Crippen molar-refractivity contribution in [2.75, 3.05) is 7.11 Å². The van der Waals surface area contributed by atoms with Gasteiger partial charge < -0.3 is 108 Å². The minimum atomic E-state index is -1.96. The summed E-state index contributed by atoms with van der Waals surface area (Å²) in [4.78, 5) is 52.9. The lowest BCUT2D eigenvalue weighted by Gasteiger charge is -2.46. The summed E-state index contributed by atoms with van der Waals surface area (Å²) in [5.41, 5.74) is -1.67. The number of carbonyl (C=O) groups is 4. The zero-order chi connectivity index (χ0) is 59.3. The molecule has 0 unspecified atom stereocenters. The minimum Gasteiger partial charge on any atom is -0.507 e. The number of phenols is 2. The van der Waals surface area contributed by atoms with Crippen LogP contribution in [0.4, 0.5) is 0 Å². The molecule has 81 heavy (non-hydrogen) atoms. The van der Waals surface area contributed by atoms with Gasteiger partial charge in [-0.3, -0.25) is 19.2 Å². The van der Waals surface area contributed by atoms with Gasteiger partial charge in [-0.2, -0.15) is 0 Å². The number of ether oxygens (including phenoxy) is 13. The first-order chi connectivity index (χ1) is 38.0. The zero-order valence-electron chi connectivity index (χ0n) is 46.8. The standard InChI is InChI=1S/C55H78O26/c1-20(56)44(61)50(67)52(69-10)31-13-29-11-28-12-30(77-38-18-36(51(24(5)73-38)75-26(7)57)80-37-15-33(60)45(62)21(2)70-37)14-32(59)42(28)48(65)43(29)49(66)53(31)81-40-17-34(46(63)23(4)72-40)78-39-16-35(47(64)22(3)71-39)79-41-19-55(9,68)54(25(6)74-41)76-27(8)58/h11-12,14,20-25,31,33-41,44-47,51-54,56,59-65,68H,13,15-19H2,1-10H3/t20-,21-,22-,23-,24-,25+,31+,33-,34-,35-,36-,37-,38+,39+,40+,41+,44+,45+,46-,47-,51+,52+,53+,54+,55+/m1/s1. The quantitative estimate of drug-likeness (QED) is 0.0979. The van der Waals surface area contributed by atoms with Crippen LogP contribution in [-0.2, 0) is 77.6 Å². The third-order valence-electron chi connectivity index (χ3n) is 16.0. The summed E-state index contributed by atoms with van der Waals surface area (Å²) in [6.45, 7) is 13.0. The zero-order valence-corrected chi connectivity index (χ0v) is 46.8. The number of aromatic hydroxyl groups is 2. The Balaban J connectivity index is 1.03. The molecule has 0 amide bonds.